The molecule has 0 aliphatic carbocycles. The van der Waals surface area contributed by atoms with E-state index in [0.717, 1.165) is 36.5 Å². The minimum Gasteiger partial charge on any atom is -0.487 e. The van der Waals surface area contributed by atoms with Crippen LogP contribution in [0.2, 0.25) is 0 Å². The summed E-state index contributed by atoms with van der Waals surface area (Å²) < 4.78 is 18.7. The van der Waals surface area contributed by atoms with E-state index in [4.69, 9.17) is 4.74 Å². The summed E-state index contributed by atoms with van der Waals surface area (Å²) in [6.07, 6.45) is 1.10. The van der Waals surface area contributed by atoms with Gasteiger partial charge >= 0.3 is 0 Å². The predicted molar refractivity (Wildman–Crippen MR) is 81.7 cm³/mol. The van der Waals surface area contributed by atoms with E-state index in [1.165, 1.54) is 12.1 Å². The Labute approximate surface area is 125 Å². The summed E-state index contributed by atoms with van der Waals surface area (Å²) in [4.78, 5) is 4.55. The first-order valence-electron chi connectivity index (χ1n) is 7.23. The van der Waals surface area contributed by atoms with Gasteiger partial charge in [0.2, 0.25) is 0 Å². The molecule has 0 radical (unpaired) electrons. The number of rotatable bonds is 7. The number of aromatic nitrogens is 1. The lowest BCUT2D eigenvalue weighted by atomic mass is 10.2. The molecule has 2 aromatic rings. The molecule has 0 unspecified atom stereocenters. The fourth-order valence-corrected chi connectivity index (χ4v) is 2.03. The molecule has 4 heteroatoms. The zero-order valence-electron chi connectivity index (χ0n) is 12.5. The van der Waals surface area contributed by atoms with E-state index in [1.807, 2.05) is 25.1 Å². The Bertz CT molecular complexity index is 587. The number of nitrogens with one attached hydrogen (secondary N) is 1. The smallest absolute Gasteiger partial charge is 0.130 e. The Kier molecular flexibility index (Phi) is 5.69. The average molecular weight is 288 g/mol. The van der Waals surface area contributed by atoms with Crippen LogP contribution in [0, 0.1) is 12.7 Å². The molecule has 112 valence electrons. The van der Waals surface area contributed by atoms with Crippen LogP contribution in [-0.4, -0.2) is 11.5 Å². The van der Waals surface area contributed by atoms with Gasteiger partial charge in [-0.3, -0.25) is 4.98 Å². The van der Waals surface area contributed by atoms with Crippen molar-refractivity contribution in [2.24, 2.45) is 0 Å². The maximum Gasteiger partial charge on any atom is 0.130 e. The molecule has 1 heterocycles. The van der Waals surface area contributed by atoms with Crippen molar-refractivity contribution in [2.45, 2.75) is 33.4 Å². The molecule has 21 heavy (non-hydrogen) atoms. The van der Waals surface area contributed by atoms with Gasteiger partial charge in [-0.2, -0.15) is 0 Å². The summed E-state index contributed by atoms with van der Waals surface area (Å²) in [5, 5.41) is 3.32. The van der Waals surface area contributed by atoms with Crippen LogP contribution >= 0.6 is 0 Å². The fourth-order valence-electron chi connectivity index (χ4n) is 2.03. The lowest BCUT2D eigenvalue weighted by Crippen LogP contribution is -2.15. The van der Waals surface area contributed by atoms with E-state index in [-0.39, 0.29) is 5.82 Å². The lowest BCUT2D eigenvalue weighted by Gasteiger charge is -2.10. The first kappa shape index (κ1) is 15.4. The molecular weight excluding hydrogens is 267 g/mol. The highest BCUT2D eigenvalue weighted by Gasteiger charge is 2.03. The molecule has 0 saturated carbocycles. The summed E-state index contributed by atoms with van der Waals surface area (Å²) in [6.45, 7) is 6.09. The number of nitrogens with zero attached hydrogens (tertiary/aromatic N) is 1. The second kappa shape index (κ2) is 7.74. The van der Waals surface area contributed by atoms with Gasteiger partial charge in [0.25, 0.3) is 0 Å². The molecule has 1 N–H and O–H groups in total. The number of pyridine rings is 1. The third-order valence-corrected chi connectivity index (χ3v) is 3.11. The second-order valence-electron chi connectivity index (χ2n) is 5.00. The minimum absolute atomic E-state index is 0.248. The van der Waals surface area contributed by atoms with Gasteiger partial charge < -0.3 is 10.1 Å². The van der Waals surface area contributed by atoms with Crippen LogP contribution in [0.4, 0.5) is 4.39 Å². The van der Waals surface area contributed by atoms with Gasteiger partial charge in [-0.1, -0.05) is 13.0 Å². The van der Waals surface area contributed by atoms with Gasteiger partial charge in [-0.15, -0.1) is 0 Å². The van der Waals surface area contributed by atoms with Crippen LogP contribution in [0.15, 0.2) is 36.4 Å². The first-order chi connectivity index (χ1) is 10.2. The summed E-state index contributed by atoms with van der Waals surface area (Å²) in [5.74, 6) is 0.440. The van der Waals surface area contributed by atoms with Crippen LogP contribution in [-0.2, 0) is 13.2 Å². The number of benzene rings is 1. The predicted octanol–water partition coefficient (Wildman–Crippen LogP) is 3.61. The Morgan fingerprint density at radius 1 is 1.19 bits per heavy atom. The number of hydrogen-bond donors (Lipinski definition) is 1. The number of hydrogen-bond acceptors (Lipinski definition) is 3. The van der Waals surface area contributed by atoms with E-state index in [2.05, 4.69) is 17.2 Å². The Balaban J connectivity index is 1.95. The summed E-state index contributed by atoms with van der Waals surface area (Å²) in [6, 6.07) is 10.4. The molecule has 0 saturated heterocycles. The van der Waals surface area contributed by atoms with Gasteiger partial charge in [-0.25, -0.2) is 4.39 Å². The van der Waals surface area contributed by atoms with Gasteiger partial charge in [-0.05, 0) is 55.8 Å². The zero-order chi connectivity index (χ0) is 15.1. The van der Waals surface area contributed by atoms with Crippen molar-refractivity contribution in [3.05, 3.63) is 59.2 Å². The molecule has 0 spiro atoms. The third kappa shape index (κ3) is 4.83. The van der Waals surface area contributed by atoms with Gasteiger partial charge in [0.05, 0.1) is 11.4 Å². The topological polar surface area (TPSA) is 34.1 Å². The highest BCUT2D eigenvalue weighted by molar-refractivity contribution is 5.32. The van der Waals surface area contributed by atoms with Crippen molar-refractivity contribution >= 4 is 0 Å². The fraction of sp³-hybridized carbons (Fsp3) is 0.353. The van der Waals surface area contributed by atoms with E-state index < -0.39 is 0 Å². The molecular formula is C17H21FN2O. The zero-order valence-corrected chi connectivity index (χ0v) is 12.5. The minimum atomic E-state index is -0.248. The lowest BCUT2D eigenvalue weighted by molar-refractivity contribution is 0.298. The molecule has 0 amide bonds. The first-order valence-corrected chi connectivity index (χ1v) is 7.23. The van der Waals surface area contributed by atoms with Crippen molar-refractivity contribution in [3.63, 3.8) is 0 Å². The van der Waals surface area contributed by atoms with E-state index in [1.54, 1.807) is 6.07 Å². The normalized spacial score (nSPS) is 10.6. The molecule has 3 nitrogen and oxygen atoms in total. The van der Waals surface area contributed by atoms with E-state index in [0.29, 0.717) is 12.4 Å². The van der Waals surface area contributed by atoms with Crippen LogP contribution in [0.5, 0.6) is 5.75 Å². The second-order valence-corrected chi connectivity index (χ2v) is 5.00. The maximum absolute atomic E-state index is 13.0. The SMILES string of the molecule is CCCNCc1cccc(COc2ccc(F)cc2C)n1. The average Bonchev–Trinajstić information content (AvgIpc) is 2.47. The number of aryl methyl sites for hydroxylation is 1. The molecule has 0 bridgehead atoms. The number of halogens is 1. The maximum atomic E-state index is 13.0. The molecule has 2 rings (SSSR count). The van der Waals surface area contributed by atoms with Crippen LogP contribution in [0.25, 0.3) is 0 Å². The molecule has 0 aliphatic rings. The quantitative estimate of drug-likeness (QED) is 0.790. The van der Waals surface area contributed by atoms with Crippen LogP contribution < -0.4 is 10.1 Å². The highest BCUT2D eigenvalue weighted by atomic mass is 19.1. The molecule has 0 fully saturated rings. The third-order valence-electron chi connectivity index (χ3n) is 3.11. The van der Waals surface area contributed by atoms with Crippen molar-refractivity contribution < 1.29 is 9.13 Å². The highest BCUT2D eigenvalue weighted by Crippen LogP contribution is 2.19. The number of ether oxygens (including phenoxy) is 1. The largest absolute Gasteiger partial charge is 0.487 e. The van der Waals surface area contributed by atoms with Gasteiger partial charge in [0.15, 0.2) is 0 Å². The molecule has 0 aliphatic heterocycles. The standard InChI is InChI=1S/C17H21FN2O/c1-3-9-19-11-15-5-4-6-16(20-15)12-21-17-8-7-14(18)10-13(17)2/h4-8,10,19H,3,9,11-12H2,1-2H3. The Morgan fingerprint density at radius 2 is 2.00 bits per heavy atom. The van der Waals surface area contributed by atoms with Crippen molar-refractivity contribution in [3.8, 4) is 5.75 Å². The summed E-state index contributed by atoms with van der Waals surface area (Å²) >= 11 is 0. The van der Waals surface area contributed by atoms with Crippen molar-refractivity contribution in [1.29, 1.82) is 0 Å². The molecule has 1 aromatic heterocycles. The monoisotopic (exact) mass is 288 g/mol. The molecule has 1 aromatic carbocycles. The summed E-state index contributed by atoms with van der Waals surface area (Å²) in [5.41, 5.74) is 2.66. The Hall–Kier alpha value is -1.94. The van der Waals surface area contributed by atoms with Gasteiger partial charge in [0.1, 0.15) is 18.2 Å². The van der Waals surface area contributed by atoms with Crippen LogP contribution in [0.3, 0.4) is 0 Å². The Morgan fingerprint density at radius 3 is 2.76 bits per heavy atom. The van der Waals surface area contributed by atoms with Crippen molar-refractivity contribution in [2.75, 3.05) is 6.54 Å². The van der Waals surface area contributed by atoms with E-state index in [9.17, 15) is 4.39 Å². The summed E-state index contributed by atoms with van der Waals surface area (Å²) in [7, 11) is 0. The van der Waals surface area contributed by atoms with Gasteiger partial charge in [0, 0.05) is 6.54 Å². The van der Waals surface area contributed by atoms with Crippen molar-refractivity contribution in [1.82, 2.24) is 10.3 Å². The molecule has 0 atom stereocenters. The van der Waals surface area contributed by atoms with E-state index >= 15 is 0 Å². The van der Waals surface area contributed by atoms with Crippen LogP contribution in [0.1, 0.15) is 30.3 Å².